The van der Waals surface area contributed by atoms with Crippen LogP contribution in [0.1, 0.15) is 11.1 Å². The van der Waals surface area contributed by atoms with E-state index in [1.807, 2.05) is 30.3 Å². The summed E-state index contributed by atoms with van der Waals surface area (Å²) in [7, 11) is 0. The number of hydrogen-bond donors (Lipinski definition) is 1. The number of nitrogens with zero attached hydrogens (tertiary/aromatic N) is 1. The Balaban J connectivity index is 2.12. The molecule has 0 aromatic heterocycles. The average Bonchev–Trinajstić information content (AvgIpc) is 2.37. The zero-order chi connectivity index (χ0) is 13.8. The van der Waals surface area contributed by atoms with Crippen LogP contribution in [0, 0.1) is 20.6 Å². The molecule has 2 rings (SSSR count). The molecule has 0 fully saturated rings. The predicted molar refractivity (Wildman–Crippen MR) is 84.3 cm³/mol. The van der Waals surface area contributed by atoms with Crippen molar-refractivity contribution in [3.8, 4) is 0 Å². The van der Waals surface area contributed by atoms with Gasteiger partial charge in [0.1, 0.15) is 0 Å². The third-order valence-corrected chi connectivity index (χ3v) is 3.46. The summed E-state index contributed by atoms with van der Waals surface area (Å²) >= 11 is 2.25. The molecule has 98 valence electrons. The van der Waals surface area contributed by atoms with Crippen LogP contribution in [0.3, 0.4) is 0 Å². The largest absolute Gasteiger partial charge is 0.381 e. The van der Waals surface area contributed by atoms with Crippen molar-refractivity contribution in [1.29, 1.82) is 0 Å². The Labute approximate surface area is 125 Å². The molecule has 0 aliphatic rings. The molecular formula is C14H13IN2O2. The Morgan fingerprint density at radius 3 is 2.74 bits per heavy atom. The lowest BCUT2D eigenvalue weighted by Crippen LogP contribution is -2.01. The molecular weight excluding hydrogens is 355 g/mol. The Bertz CT molecular complexity index is 614. The number of nitrogens with one attached hydrogen (secondary N) is 1. The highest BCUT2D eigenvalue weighted by atomic mass is 127. The normalized spacial score (nSPS) is 10.2. The van der Waals surface area contributed by atoms with Crippen LogP contribution in [0.4, 0.5) is 11.4 Å². The van der Waals surface area contributed by atoms with Crippen molar-refractivity contribution in [2.24, 2.45) is 0 Å². The summed E-state index contributed by atoms with van der Waals surface area (Å²) in [5.74, 6) is 0. The molecule has 2 aromatic carbocycles. The first-order chi connectivity index (χ1) is 9.06. The zero-order valence-corrected chi connectivity index (χ0v) is 12.5. The Morgan fingerprint density at radius 1 is 1.26 bits per heavy atom. The molecule has 0 aliphatic heterocycles. The molecule has 1 N–H and O–H groups in total. The van der Waals surface area contributed by atoms with Gasteiger partial charge in [-0.15, -0.1) is 0 Å². The van der Waals surface area contributed by atoms with E-state index in [0.717, 1.165) is 14.8 Å². The minimum Gasteiger partial charge on any atom is -0.381 e. The number of anilines is 1. The number of hydrogen-bond acceptors (Lipinski definition) is 3. The monoisotopic (exact) mass is 368 g/mol. The molecule has 0 bridgehead atoms. The second-order valence-electron chi connectivity index (χ2n) is 4.24. The van der Waals surface area contributed by atoms with Gasteiger partial charge in [-0.3, -0.25) is 10.1 Å². The van der Waals surface area contributed by atoms with Crippen molar-refractivity contribution in [2.45, 2.75) is 13.5 Å². The fourth-order valence-electron chi connectivity index (χ4n) is 1.76. The van der Waals surface area contributed by atoms with Gasteiger partial charge in [0.2, 0.25) is 0 Å². The first-order valence-corrected chi connectivity index (χ1v) is 6.87. The van der Waals surface area contributed by atoms with E-state index in [2.05, 4.69) is 27.9 Å². The van der Waals surface area contributed by atoms with E-state index in [1.54, 1.807) is 19.1 Å². The number of nitro groups is 1. The molecule has 0 radical (unpaired) electrons. The highest BCUT2D eigenvalue weighted by molar-refractivity contribution is 14.1. The highest BCUT2D eigenvalue weighted by Gasteiger charge is 2.10. The van der Waals surface area contributed by atoms with Gasteiger partial charge in [-0.2, -0.15) is 0 Å². The summed E-state index contributed by atoms with van der Waals surface area (Å²) in [5, 5.41) is 14.1. The molecule has 19 heavy (non-hydrogen) atoms. The Morgan fingerprint density at radius 2 is 2.05 bits per heavy atom. The van der Waals surface area contributed by atoms with Gasteiger partial charge in [-0.1, -0.05) is 18.2 Å². The zero-order valence-electron chi connectivity index (χ0n) is 10.4. The molecule has 0 saturated carbocycles. The van der Waals surface area contributed by atoms with Crippen LogP contribution in [0.5, 0.6) is 0 Å². The standard InChI is InChI=1S/C14H13IN2O2/c1-10-5-6-11(7-14(10)17(18)19)9-16-13-4-2-3-12(15)8-13/h2-8,16H,9H2,1H3. The van der Waals surface area contributed by atoms with E-state index in [0.29, 0.717) is 12.1 Å². The van der Waals surface area contributed by atoms with E-state index < -0.39 is 0 Å². The molecule has 0 spiro atoms. The SMILES string of the molecule is Cc1ccc(CNc2cccc(I)c2)cc1[N+](=O)[O-]. The smallest absolute Gasteiger partial charge is 0.272 e. The number of aryl methyl sites for hydroxylation is 1. The van der Waals surface area contributed by atoms with Crippen molar-refractivity contribution in [3.63, 3.8) is 0 Å². The lowest BCUT2D eigenvalue weighted by atomic mass is 10.1. The molecule has 0 amide bonds. The fourth-order valence-corrected chi connectivity index (χ4v) is 2.31. The van der Waals surface area contributed by atoms with Gasteiger partial charge in [-0.05, 0) is 53.3 Å². The third-order valence-electron chi connectivity index (χ3n) is 2.79. The van der Waals surface area contributed by atoms with E-state index >= 15 is 0 Å². The predicted octanol–water partition coefficient (Wildman–Crippen LogP) is 4.12. The fraction of sp³-hybridized carbons (Fsp3) is 0.143. The number of benzene rings is 2. The summed E-state index contributed by atoms with van der Waals surface area (Å²) in [6.45, 7) is 2.32. The van der Waals surface area contributed by atoms with E-state index in [9.17, 15) is 10.1 Å². The van der Waals surface area contributed by atoms with Gasteiger partial charge in [0, 0.05) is 27.4 Å². The Kier molecular flexibility index (Phi) is 4.36. The molecule has 5 heteroatoms. The second-order valence-corrected chi connectivity index (χ2v) is 5.49. The first-order valence-electron chi connectivity index (χ1n) is 5.79. The quantitative estimate of drug-likeness (QED) is 0.502. The third kappa shape index (κ3) is 3.66. The van der Waals surface area contributed by atoms with Gasteiger partial charge in [0.25, 0.3) is 5.69 Å². The van der Waals surface area contributed by atoms with Crippen LogP contribution in [0.2, 0.25) is 0 Å². The van der Waals surface area contributed by atoms with Gasteiger partial charge in [-0.25, -0.2) is 0 Å². The highest BCUT2D eigenvalue weighted by Crippen LogP contribution is 2.20. The molecule has 0 atom stereocenters. The molecule has 0 unspecified atom stereocenters. The van der Waals surface area contributed by atoms with Gasteiger partial charge in [0.15, 0.2) is 0 Å². The number of halogens is 1. The number of rotatable bonds is 4. The van der Waals surface area contributed by atoms with Crippen LogP contribution >= 0.6 is 22.6 Å². The molecule has 4 nitrogen and oxygen atoms in total. The van der Waals surface area contributed by atoms with Gasteiger partial charge < -0.3 is 5.32 Å². The average molecular weight is 368 g/mol. The minimum atomic E-state index is -0.343. The Hall–Kier alpha value is -1.63. The molecule has 0 heterocycles. The maximum absolute atomic E-state index is 10.9. The van der Waals surface area contributed by atoms with Crippen LogP contribution < -0.4 is 5.32 Å². The minimum absolute atomic E-state index is 0.168. The molecule has 0 saturated heterocycles. The van der Waals surface area contributed by atoms with E-state index in [4.69, 9.17) is 0 Å². The van der Waals surface area contributed by atoms with Crippen LogP contribution in [0.25, 0.3) is 0 Å². The lowest BCUT2D eigenvalue weighted by Gasteiger charge is -2.07. The summed E-state index contributed by atoms with van der Waals surface area (Å²) in [4.78, 5) is 10.5. The van der Waals surface area contributed by atoms with E-state index in [1.165, 1.54) is 0 Å². The van der Waals surface area contributed by atoms with Crippen LogP contribution in [0.15, 0.2) is 42.5 Å². The summed E-state index contributed by atoms with van der Waals surface area (Å²) in [6.07, 6.45) is 0. The van der Waals surface area contributed by atoms with Gasteiger partial charge >= 0.3 is 0 Å². The van der Waals surface area contributed by atoms with Crippen molar-refractivity contribution in [2.75, 3.05) is 5.32 Å². The summed E-state index contributed by atoms with van der Waals surface area (Å²) in [6, 6.07) is 13.3. The van der Waals surface area contributed by atoms with Crippen molar-refractivity contribution in [1.82, 2.24) is 0 Å². The second kappa shape index (κ2) is 6.01. The summed E-state index contributed by atoms with van der Waals surface area (Å²) < 4.78 is 1.15. The van der Waals surface area contributed by atoms with Crippen LogP contribution in [-0.4, -0.2) is 4.92 Å². The van der Waals surface area contributed by atoms with Crippen molar-refractivity contribution in [3.05, 3.63) is 67.3 Å². The van der Waals surface area contributed by atoms with Crippen molar-refractivity contribution >= 4 is 34.0 Å². The molecule has 0 aliphatic carbocycles. The van der Waals surface area contributed by atoms with Gasteiger partial charge in [0.05, 0.1) is 4.92 Å². The van der Waals surface area contributed by atoms with Crippen molar-refractivity contribution < 1.29 is 4.92 Å². The maximum Gasteiger partial charge on any atom is 0.272 e. The lowest BCUT2D eigenvalue weighted by molar-refractivity contribution is -0.385. The number of nitro benzene ring substituents is 1. The first kappa shape index (κ1) is 13.8. The van der Waals surface area contributed by atoms with Crippen LogP contribution in [-0.2, 0) is 6.54 Å². The van der Waals surface area contributed by atoms with E-state index in [-0.39, 0.29) is 10.6 Å². The topological polar surface area (TPSA) is 55.2 Å². The molecule has 2 aromatic rings. The summed E-state index contributed by atoms with van der Waals surface area (Å²) in [5.41, 5.74) is 2.76. The maximum atomic E-state index is 10.9.